The van der Waals surface area contributed by atoms with Gasteiger partial charge >= 0.3 is 0 Å². The molecule has 0 saturated carbocycles. The topological polar surface area (TPSA) is 12.0 Å². The minimum absolute atomic E-state index is 0.0945. The molecule has 3 heteroatoms. The van der Waals surface area contributed by atoms with Crippen molar-refractivity contribution in [3.8, 4) is 0 Å². The van der Waals surface area contributed by atoms with Gasteiger partial charge < -0.3 is 5.32 Å². The third kappa shape index (κ3) is 2.08. The van der Waals surface area contributed by atoms with Gasteiger partial charge in [-0.2, -0.15) is 0 Å². The molecule has 1 atom stereocenters. The molecule has 0 amide bonds. The summed E-state index contributed by atoms with van der Waals surface area (Å²) >= 11 is 5.96. The van der Waals surface area contributed by atoms with Crippen LogP contribution in [0, 0.1) is 5.82 Å². The van der Waals surface area contributed by atoms with Gasteiger partial charge in [0.05, 0.1) is 6.04 Å². The molecule has 0 heterocycles. The molecule has 1 aliphatic carbocycles. The highest BCUT2D eigenvalue weighted by Crippen LogP contribution is 2.35. The number of rotatable bonds is 2. The summed E-state index contributed by atoms with van der Waals surface area (Å²) in [6.07, 6.45) is 1.71. The zero-order valence-electron chi connectivity index (χ0n) is 9.79. The monoisotopic (exact) mass is 261 g/mol. The molecule has 0 radical (unpaired) electrons. The van der Waals surface area contributed by atoms with Crippen molar-refractivity contribution in [1.29, 1.82) is 0 Å². The van der Waals surface area contributed by atoms with Crippen LogP contribution < -0.4 is 5.32 Å². The summed E-state index contributed by atoms with van der Waals surface area (Å²) in [6, 6.07) is 13.1. The molecule has 0 aromatic heterocycles. The van der Waals surface area contributed by atoms with Gasteiger partial charge in [0.1, 0.15) is 5.82 Å². The molecule has 1 nitrogen and oxygen atoms in total. The van der Waals surface area contributed by atoms with Gasteiger partial charge in [-0.1, -0.05) is 29.8 Å². The van der Waals surface area contributed by atoms with E-state index >= 15 is 0 Å². The maximum atomic E-state index is 13.6. The van der Waals surface area contributed by atoms with Crippen molar-refractivity contribution in [3.05, 3.63) is 64.4 Å². The van der Waals surface area contributed by atoms with Gasteiger partial charge in [0.25, 0.3) is 0 Å². The van der Waals surface area contributed by atoms with Crippen molar-refractivity contribution in [2.45, 2.75) is 18.9 Å². The number of anilines is 1. The second kappa shape index (κ2) is 4.62. The molecule has 0 aliphatic heterocycles. The first-order chi connectivity index (χ1) is 8.74. The highest BCUT2D eigenvalue weighted by Gasteiger charge is 2.24. The maximum absolute atomic E-state index is 13.6. The van der Waals surface area contributed by atoms with Gasteiger partial charge in [-0.05, 0) is 48.2 Å². The quantitative estimate of drug-likeness (QED) is 0.834. The number of halogens is 2. The first-order valence-corrected chi connectivity index (χ1v) is 6.41. The molecule has 1 unspecified atom stereocenters. The molecule has 0 fully saturated rings. The van der Waals surface area contributed by atoms with Crippen LogP contribution >= 0.6 is 11.6 Å². The molecule has 1 aliphatic rings. The van der Waals surface area contributed by atoms with Crippen molar-refractivity contribution in [2.24, 2.45) is 0 Å². The van der Waals surface area contributed by atoms with Crippen molar-refractivity contribution in [3.63, 3.8) is 0 Å². The van der Waals surface area contributed by atoms with E-state index in [1.165, 1.54) is 6.07 Å². The number of hydrogen-bond acceptors (Lipinski definition) is 1. The first kappa shape index (κ1) is 11.5. The Morgan fingerprint density at radius 3 is 2.83 bits per heavy atom. The Bertz CT molecular complexity index is 582. The summed E-state index contributed by atoms with van der Waals surface area (Å²) in [4.78, 5) is 0. The zero-order chi connectivity index (χ0) is 12.5. The Balaban J connectivity index is 1.87. The van der Waals surface area contributed by atoms with E-state index < -0.39 is 0 Å². The highest BCUT2D eigenvalue weighted by molar-refractivity contribution is 6.30. The van der Waals surface area contributed by atoms with Gasteiger partial charge in [0, 0.05) is 10.7 Å². The Kier molecular flexibility index (Phi) is 2.96. The lowest BCUT2D eigenvalue weighted by Crippen LogP contribution is -2.07. The molecule has 92 valence electrons. The van der Waals surface area contributed by atoms with E-state index in [1.54, 1.807) is 6.07 Å². The van der Waals surface area contributed by atoms with Crippen LogP contribution in [0.15, 0.2) is 42.5 Å². The number of hydrogen-bond donors (Lipinski definition) is 1. The molecule has 1 N–H and O–H groups in total. The first-order valence-electron chi connectivity index (χ1n) is 6.03. The SMILES string of the molecule is Fc1cccc2c1CCC2Nc1cccc(Cl)c1. The Morgan fingerprint density at radius 1 is 1.17 bits per heavy atom. The molecule has 2 aromatic rings. The summed E-state index contributed by atoms with van der Waals surface area (Å²) in [6.45, 7) is 0. The lowest BCUT2D eigenvalue weighted by atomic mass is 10.1. The lowest BCUT2D eigenvalue weighted by molar-refractivity contribution is 0.612. The fourth-order valence-corrected chi connectivity index (χ4v) is 2.73. The summed E-state index contributed by atoms with van der Waals surface area (Å²) in [5.74, 6) is -0.0945. The fraction of sp³-hybridized carbons (Fsp3) is 0.200. The van der Waals surface area contributed by atoms with E-state index in [0.717, 1.165) is 29.7 Å². The van der Waals surface area contributed by atoms with Gasteiger partial charge in [-0.3, -0.25) is 0 Å². The standard InChI is InChI=1S/C15H13ClFN/c16-10-3-1-4-11(9-10)18-15-8-7-12-13(15)5-2-6-14(12)17/h1-6,9,15,18H,7-8H2. The van der Waals surface area contributed by atoms with E-state index in [1.807, 2.05) is 30.3 Å². The summed E-state index contributed by atoms with van der Waals surface area (Å²) in [5, 5.41) is 4.12. The van der Waals surface area contributed by atoms with E-state index in [2.05, 4.69) is 5.32 Å². The molecule has 18 heavy (non-hydrogen) atoms. The summed E-state index contributed by atoms with van der Waals surface area (Å²) in [7, 11) is 0. The van der Waals surface area contributed by atoms with Gasteiger partial charge in [-0.15, -0.1) is 0 Å². The Labute approximate surface area is 111 Å². The molecule has 3 rings (SSSR count). The van der Waals surface area contributed by atoms with Crippen molar-refractivity contribution >= 4 is 17.3 Å². The third-order valence-electron chi connectivity index (χ3n) is 3.38. The number of benzene rings is 2. The van der Waals surface area contributed by atoms with Crippen LogP contribution in [0.3, 0.4) is 0 Å². The predicted octanol–water partition coefficient (Wildman–Crippen LogP) is 4.58. The third-order valence-corrected chi connectivity index (χ3v) is 3.61. The predicted molar refractivity (Wildman–Crippen MR) is 72.5 cm³/mol. The molecule has 0 bridgehead atoms. The van der Waals surface area contributed by atoms with E-state index in [-0.39, 0.29) is 11.9 Å². The normalized spacial score (nSPS) is 17.6. The highest BCUT2D eigenvalue weighted by atomic mass is 35.5. The van der Waals surface area contributed by atoms with E-state index in [0.29, 0.717) is 5.02 Å². The molecular weight excluding hydrogens is 249 g/mol. The van der Waals surface area contributed by atoms with E-state index in [4.69, 9.17) is 11.6 Å². The van der Waals surface area contributed by atoms with Crippen LogP contribution in [-0.4, -0.2) is 0 Å². The van der Waals surface area contributed by atoms with Crippen LogP contribution in [0.1, 0.15) is 23.6 Å². The minimum atomic E-state index is -0.0945. The molecule has 0 spiro atoms. The molecular formula is C15H13ClFN. The fourth-order valence-electron chi connectivity index (χ4n) is 2.54. The van der Waals surface area contributed by atoms with Crippen molar-refractivity contribution in [2.75, 3.05) is 5.32 Å². The van der Waals surface area contributed by atoms with Crippen LogP contribution in [0.25, 0.3) is 0 Å². The number of fused-ring (bicyclic) bond motifs is 1. The Hall–Kier alpha value is -1.54. The van der Waals surface area contributed by atoms with Crippen LogP contribution in [0.4, 0.5) is 10.1 Å². The average Bonchev–Trinajstić information content (AvgIpc) is 2.74. The van der Waals surface area contributed by atoms with Crippen LogP contribution in [0.5, 0.6) is 0 Å². The van der Waals surface area contributed by atoms with Crippen molar-refractivity contribution < 1.29 is 4.39 Å². The largest absolute Gasteiger partial charge is 0.378 e. The molecule has 0 saturated heterocycles. The maximum Gasteiger partial charge on any atom is 0.126 e. The Morgan fingerprint density at radius 2 is 2.00 bits per heavy atom. The second-order valence-corrected chi connectivity index (χ2v) is 4.99. The van der Waals surface area contributed by atoms with Crippen LogP contribution in [0.2, 0.25) is 5.02 Å². The van der Waals surface area contributed by atoms with Gasteiger partial charge in [0.15, 0.2) is 0 Å². The van der Waals surface area contributed by atoms with Crippen molar-refractivity contribution in [1.82, 2.24) is 0 Å². The lowest BCUT2D eigenvalue weighted by Gasteiger charge is -2.15. The smallest absolute Gasteiger partial charge is 0.126 e. The summed E-state index contributed by atoms with van der Waals surface area (Å²) < 4.78 is 13.6. The minimum Gasteiger partial charge on any atom is -0.378 e. The second-order valence-electron chi connectivity index (χ2n) is 4.55. The van der Waals surface area contributed by atoms with E-state index in [9.17, 15) is 4.39 Å². The van der Waals surface area contributed by atoms with Crippen LogP contribution in [-0.2, 0) is 6.42 Å². The summed E-state index contributed by atoms with van der Waals surface area (Å²) in [5.41, 5.74) is 2.89. The average molecular weight is 262 g/mol. The van der Waals surface area contributed by atoms with Gasteiger partial charge in [0.2, 0.25) is 0 Å². The zero-order valence-corrected chi connectivity index (χ0v) is 10.5. The molecule has 2 aromatic carbocycles. The van der Waals surface area contributed by atoms with Gasteiger partial charge in [-0.25, -0.2) is 4.39 Å². The number of nitrogens with one attached hydrogen (secondary N) is 1.